The predicted octanol–water partition coefficient (Wildman–Crippen LogP) is 3.12. The molecule has 0 radical (unpaired) electrons. The molecule has 1 aromatic carbocycles. The van der Waals surface area contributed by atoms with Crippen molar-refractivity contribution in [3.05, 3.63) is 47.8 Å². The van der Waals surface area contributed by atoms with E-state index in [4.69, 9.17) is 0 Å². The molecule has 5 heteroatoms. The van der Waals surface area contributed by atoms with Crippen LogP contribution < -0.4 is 5.32 Å². The normalized spacial score (nSPS) is 20.7. The number of aryl methyl sites for hydroxylation is 1. The van der Waals surface area contributed by atoms with E-state index >= 15 is 0 Å². The first-order chi connectivity index (χ1) is 12.2. The molecule has 0 spiro atoms. The Hall–Kier alpha value is -2.27. The molecule has 2 N–H and O–H groups in total. The van der Waals surface area contributed by atoms with Gasteiger partial charge in [-0.25, -0.2) is 9.97 Å². The first kappa shape index (κ1) is 17.5. The number of amides is 1. The maximum atomic E-state index is 12.7. The van der Waals surface area contributed by atoms with E-state index in [2.05, 4.69) is 15.3 Å². The Kier molecular flexibility index (Phi) is 5.76. The quantitative estimate of drug-likeness (QED) is 0.839. The van der Waals surface area contributed by atoms with Crippen molar-refractivity contribution >= 4 is 5.91 Å². The summed E-state index contributed by atoms with van der Waals surface area (Å²) in [6.07, 6.45) is 6.85. The van der Waals surface area contributed by atoms with Gasteiger partial charge in [0.25, 0.3) is 5.91 Å². The average Bonchev–Trinajstić information content (AvgIpc) is 2.87. The number of carbonyl (C=O) groups excluding carboxylic acids is 1. The monoisotopic (exact) mass is 339 g/mol. The SMILES string of the molecule is Cc1nc(-c2ccccc2)ncc1C(=O)NC1CCCCCC1CO. The number of hydrogen-bond donors (Lipinski definition) is 2. The molecule has 1 amide bonds. The van der Waals surface area contributed by atoms with Gasteiger partial charge in [-0.15, -0.1) is 0 Å². The minimum Gasteiger partial charge on any atom is -0.396 e. The summed E-state index contributed by atoms with van der Waals surface area (Å²) in [7, 11) is 0. The zero-order chi connectivity index (χ0) is 17.6. The van der Waals surface area contributed by atoms with Crippen LogP contribution >= 0.6 is 0 Å². The standard InChI is InChI=1S/C20H25N3O2/c1-14-17(12-21-19(22-14)15-8-4-2-5-9-15)20(25)23-18-11-7-3-6-10-16(18)13-24/h2,4-5,8-9,12,16,18,24H,3,6-7,10-11,13H2,1H3,(H,23,25). The van der Waals surface area contributed by atoms with E-state index in [9.17, 15) is 9.90 Å². The summed E-state index contributed by atoms with van der Waals surface area (Å²) in [6.45, 7) is 1.95. The molecule has 0 saturated heterocycles. The maximum absolute atomic E-state index is 12.7. The van der Waals surface area contributed by atoms with Crippen LogP contribution in [-0.4, -0.2) is 33.6 Å². The van der Waals surface area contributed by atoms with Crippen LogP contribution in [0, 0.1) is 12.8 Å². The fraction of sp³-hybridized carbons (Fsp3) is 0.450. The van der Waals surface area contributed by atoms with Gasteiger partial charge in [0.1, 0.15) is 0 Å². The van der Waals surface area contributed by atoms with Crippen molar-refractivity contribution < 1.29 is 9.90 Å². The Balaban J connectivity index is 1.75. The lowest BCUT2D eigenvalue weighted by Crippen LogP contribution is -2.41. The van der Waals surface area contributed by atoms with Crippen molar-refractivity contribution in [3.63, 3.8) is 0 Å². The number of rotatable bonds is 4. The summed E-state index contributed by atoms with van der Waals surface area (Å²) in [5, 5.41) is 12.7. The Labute approximate surface area is 148 Å². The number of aromatic nitrogens is 2. The van der Waals surface area contributed by atoms with E-state index in [1.54, 1.807) is 6.20 Å². The van der Waals surface area contributed by atoms with Gasteiger partial charge < -0.3 is 10.4 Å². The minimum atomic E-state index is -0.150. The van der Waals surface area contributed by atoms with Gasteiger partial charge >= 0.3 is 0 Å². The number of nitrogens with zero attached hydrogens (tertiary/aromatic N) is 2. The molecular weight excluding hydrogens is 314 g/mol. The van der Waals surface area contributed by atoms with E-state index in [1.807, 2.05) is 37.3 Å². The largest absolute Gasteiger partial charge is 0.396 e. The van der Waals surface area contributed by atoms with Gasteiger partial charge in [0.15, 0.2) is 5.82 Å². The molecule has 2 aromatic rings. The van der Waals surface area contributed by atoms with Gasteiger partial charge in [0, 0.05) is 30.3 Å². The molecule has 25 heavy (non-hydrogen) atoms. The second-order valence-electron chi connectivity index (χ2n) is 6.72. The molecule has 1 aliphatic carbocycles. The smallest absolute Gasteiger partial charge is 0.254 e. The van der Waals surface area contributed by atoms with Crippen LogP contribution in [-0.2, 0) is 0 Å². The van der Waals surface area contributed by atoms with E-state index in [0.717, 1.165) is 37.7 Å². The molecule has 2 unspecified atom stereocenters. The molecule has 0 aliphatic heterocycles. The zero-order valence-corrected chi connectivity index (χ0v) is 14.6. The summed E-state index contributed by atoms with van der Waals surface area (Å²) < 4.78 is 0. The summed E-state index contributed by atoms with van der Waals surface area (Å²) in [4.78, 5) is 21.5. The van der Waals surface area contributed by atoms with Crippen LogP contribution in [0.25, 0.3) is 11.4 Å². The second-order valence-corrected chi connectivity index (χ2v) is 6.72. The number of carbonyl (C=O) groups is 1. The topological polar surface area (TPSA) is 75.1 Å². The lowest BCUT2D eigenvalue weighted by atomic mass is 9.95. The fourth-order valence-electron chi connectivity index (χ4n) is 3.46. The van der Waals surface area contributed by atoms with Crippen LogP contribution in [0.4, 0.5) is 0 Å². The summed E-state index contributed by atoms with van der Waals surface area (Å²) in [5.41, 5.74) is 2.10. The lowest BCUT2D eigenvalue weighted by molar-refractivity contribution is 0.0898. The first-order valence-corrected chi connectivity index (χ1v) is 9.00. The van der Waals surface area contributed by atoms with E-state index in [1.165, 1.54) is 0 Å². The van der Waals surface area contributed by atoms with Gasteiger partial charge in [-0.2, -0.15) is 0 Å². The van der Waals surface area contributed by atoms with Crippen molar-refractivity contribution in [2.75, 3.05) is 6.61 Å². The van der Waals surface area contributed by atoms with Crippen molar-refractivity contribution in [3.8, 4) is 11.4 Å². The predicted molar refractivity (Wildman–Crippen MR) is 97.1 cm³/mol. The van der Waals surface area contributed by atoms with E-state index in [-0.39, 0.29) is 24.5 Å². The maximum Gasteiger partial charge on any atom is 0.254 e. The highest BCUT2D eigenvalue weighted by atomic mass is 16.3. The highest BCUT2D eigenvalue weighted by molar-refractivity contribution is 5.95. The molecule has 1 aromatic heterocycles. The number of aliphatic hydroxyl groups excluding tert-OH is 1. The fourth-order valence-corrected chi connectivity index (χ4v) is 3.46. The molecule has 1 fully saturated rings. The number of aliphatic hydroxyl groups is 1. The van der Waals surface area contributed by atoms with E-state index < -0.39 is 0 Å². The highest BCUT2D eigenvalue weighted by Crippen LogP contribution is 2.24. The molecular formula is C20H25N3O2. The molecule has 2 atom stereocenters. The summed E-state index contributed by atoms with van der Waals surface area (Å²) in [5.74, 6) is 0.607. The van der Waals surface area contributed by atoms with Crippen LogP contribution in [0.15, 0.2) is 36.5 Å². The lowest BCUT2D eigenvalue weighted by Gasteiger charge is -2.24. The number of hydrogen-bond acceptors (Lipinski definition) is 4. The van der Waals surface area contributed by atoms with Crippen molar-refractivity contribution in [1.29, 1.82) is 0 Å². The average molecular weight is 339 g/mol. The molecule has 1 heterocycles. The first-order valence-electron chi connectivity index (χ1n) is 9.00. The van der Waals surface area contributed by atoms with Crippen LogP contribution in [0.1, 0.15) is 48.2 Å². The van der Waals surface area contributed by atoms with Crippen molar-refractivity contribution in [2.24, 2.45) is 5.92 Å². The van der Waals surface area contributed by atoms with Gasteiger partial charge in [0.05, 0.1) is 11.3 Å². The number of nitrogens with one attached hydrogen (secondary N) is 1. The molecule has 3 rings (SSSR count). The third kappa shape index (κ3) is 4.23. The highest BCUT2D eigenvalue weighted by Gasteiger charge is 2.25. The Bertz CT molecular complexity index is 718. The third-order valence-electron chi connectivity index (χ3n) is 4.97. The van der Waals surface area contributed by atoms with Gasteiger partial charge in [0.2, 0.25) is 0 Å². The van der Waals surface area contributed by atoms with Crippen LogP contribution in [0.2, 0.25) is 0 Å². The van der Waals surface area contributed by atoms with Crippen molar-refractivity contribution in [2.45, 2.75) is 45.1 Å². The van der Waals surface area contributed by atoms with E-state index in [0.29, 0.717) is 17.1 Å². The van der Waals surface area contributed by atoms with Crippen molar-refractivity contribution in [1.82, 2.24) is 15.3 Å². The Morgan fingerprint density at radius 2 is 1.96 bits per heavy atom. The molecule has 0 bridgehead atoms. The Morgan fingerprint density at radius 1 is 1.20 bits per heavy atom. The van der Waals surface area contributed by atoms with Gasteiger partial charge in [-0.05, 0) is 19.8 Å². The van der Waals surface area contributed by atoms with Crippen LogP contribution in [0.5, 0.6) is 0 Å². The summed E-state index contributed by atoms with van der Waals surface area (Å²) in [6, 6.07) is 9.75. The molecule has 1 saturated carbocycles. The third-order valence-corrected chi connectivity index (χ3v) is 4.97. The molecule has 132 valence electrons. The minimum absolute atomic E-state index is 0.0215. The van der Waals surface area contributed by atoms with Crippen LogP contribution in [0.3, 0.4) is 0 Å². The number of benzene rings is 1. The summed E-state index contributed by atoms with van der Waals surface area (Å²) >= 11 is 0. The van der Waals surface area contributed by atoms with Gasteiger partial charge in [-0.1, -0.05) is 49.6 Å². The zero-order valence-electron chi connectivity index (χ0n) is 14.6. The Morgan fingerprint density at radius 3 is 2.68 bits per heavy atom. The molecule has 1 aliphatic rings. The second kappa shape index (κ2) is 8.21. The van der Waals surface area contributed by atoms with Gasteiger partial charge in [-0.3, -0.25) is 4.79 Å². The molecule has 5 nitrogen and oxygen atoms in total.